The first-order valence-corrected chi connectivity index (χ1v) is 17.1. The number of ketones is 1. The number of thioether (sulfide) groups is 1. The SMILES string of the molecule is C[C@@H]1Cc2cc(C(O)=C3C(=O)C(=O)N(c4nnc(SCc5ccc(Cl)cc5)s4)[C@@H]3c3cccc(OCc4ccccc4)c3)ccc2O1. The summed E-state index contributed by atoms with van der Waals surface area (Å²) in [5.41, 5.74) is 3.95. The van der Waals surface area contributed by atoms with Gasteiger partial charge in [0.15, 0.2) is 4.34 Å². The number of fused-ring (bicyclic) bond motifs is 1. The third-order valence-electron chi connectivity index (χ3n) is 7.91. The number of carbonyl (C=O) groups is 2. The molecule has 1 amide bonds. The number of amides is 1. The van der Waals surface area contributed by atoms with E-state index in [2.05, 4.69) is 10.2 Å². The summed E-state index contributed by atoms with van der Waals surface area (Å²) < 4.78 is 12.6. The van der Waals surface area contributed by atoms with E-state index in [4.69, 9.17) is 21.1 Å². The zero-order valence-electron chi connectivity index (χ0n) is 25.1. The van der Waals surface area contributed by atoms with Crippen molar-refractivity contribution >= 4 is 57.3 Å². The van der Waals surface area contributed by atoms with Crippen molar-refractivity contribution in [3.63, 3.8) is 0 Å². The van der Waals surface area contributed by atoms with E-state index in [1.54, 1.807) is 24.3 Å². The van der Waals surface area contributed by atoms with E-state index in [0.29, 0.717) is 45.0 Å². The first kappa shape index (κ1) is 31.0. The minimum absolute atomic E-state index is 0.00997. The number of Topliss-reactive ketones (excluding diaryl/α,β-unsaturated/α-hetero) is 1. The molecule has 1 saturated heterocycles. The van der Waals surface area contributed by atoms with Crippen molar-refractivity contribution in [3.8, 4) is 11.5 Å². The number of nitrogens with zero attached hydrogens (tertiary/aromatic N) is 3. The molecule has 0 saturated carbocycles. The standard InChI is InChI=1S/C36H28ClN3O5S2/c1-21-16-26-17-25(12-15-29(26)45-21)32(41)30-31(24-8-5-9-28(18-24)44-19-22-6-3-2-4-7-22)40(34(43)33(30)42)35-38-39-36(47-35)46-20-23-10-13-27(37)14-11-23/h2-15,17-18,21,31,41H,16,19-20H2,1H3/t21-,31-/m1/s1. The van der Waals surface area contributed by atoms with Gasteiger partial charge in [-0.15, -0.1) is 10.2 Å². The van der Waals surface area contributed by atoms with E-state index in [9.17, 15) is 14.7 Å². The van der Waals surface area contributed by atoms with Gasteiger partial charge in [-0.05, 0) is 71.6 Å². The highest BCUT2D eigenvalue weighted by Gasteiger charge is 2.48. The second-order valence-corrected chi connectivity index (χ2v) is 13.9. The van der Waals surface area contributed by atoms with Crippen LogP contribution in [0, 0.1) is 0 Å². The smallest absolute Gasteiger partial charge is 0.301 e. The van der Waals surface area contributed by atoms with Gasteiger partial charge >= 0.3 is 5.91 Å². The molecule has 0 bridgehead atoms. The Bertz CT molecular complexity index is 2000. The Morgan fingerprint density at radius 3 is 2.62 bits per heavy atom. The highest BCUT2D eigenvalue weighted by atomic mass is 35.5. The van der Waals surface area contributed by atoms with Gasteiger partial charge in [-0.25, -0.2) is 0 Å². The molecule has 7 rings (SSSR count). The van der Waals surface area contributed by atoms with Gasteiger partial charge in [0.05, 0.1) is 11.6 Å². The average molecular weight is 682 g/mol. The third-order valence-corrected chi connectivity index (χ3v) is 10.3. The van der Waals surface area contributed by atoms with E-state index in [1.807, 2.05) is 79.7 Å². The van der Waals surface area contributed by atoms with Crippen LogP contribution in [-0.4, -0.2) is 33.1 Å². The van der Waals surface area contributed by atoms with Crippen molar-refractivity contribution < 1.29 is 24.2 Å². The molecule has 2 atom stereocenters. The van der Waals surface area contributed by atoms with Crippen molar-refractivity contribution in [2.45, 2.75) is 42.2 Å². The maximum atomic E-state index is 13.8. The fraction of sp³-hybridized carbons (Fsp3) is 0.167. The number of carbonyl (C=O) groups excluding carboxylic acids is 2. The zero-order chi connectivity index (χ0) is 32.5. The molecule has 8 nitrogen and oxygen atoms in total. The molecule has 11 heteroatoms. The molecule has 1 N–H and O–H groups in total. The molecule has 0 spiro atoms. The Morgan fingerprint density at radius 1 is 1.00 bits per heavy atom. The second kappa shape index (κ2) is 13.2. The predicted octanol–water partition coefficient (Wildman–Crippen LogP) is 8.01. The largest absolute Gasteiger partial charge is 0.507 e. The van der Waals surface area contributed by atoms with E-state index in [1.165, 1.54) is 28.0 Å². The number of halogens is 1. The van der Waals surface area contributed by atoms with Crippen molar-refractivity contribution in [1.82, 2.24) is 10.2 Å². The van der Waals surface area contributed by atoms with Gasteiger partial charge < -0.3 is 14.6 Å². The van der Waals surface area contributed by atoms with Crippen molar-refractivity contribution in [2.24, 2.45) is 0 Å². The normalized spacial score (nSPS) is 18.3. The monoisotopic (exact) mass is 681 g/mol. The summed E-state index contributed by atoms with van der Waals surface area (Å²) in [6, 6.07) is 28.8. The van der Waals surface area contributed by atoms with Crippen LogP contribution in [0.2, 0.25) is 5.02 Å². The Morgan fingerprint density at radius 2 is 1.81 bits per heavy atom. The number of aliphatic hydroxyl groups excluding tert-OH is 1. The Balaban J connectivity index is 1.25. The number of hydrogen-bond donors (Lipinski definition) is 1. The predicted molar refractivity (Wildman–Crippen MR) is 183 cm³/mol. The maximum Gasteiger partial charge on any atom is 0.301 e. The second-order valence-electron chi connectivity index (χ2n) is 11.2. The number of benzene rings is 4. The summed E-state index contributed by atoms with van der Waals surface area (Å²) in [5.74, 6) is 0.0456. The van der Waals surface area contributed by atoms with E-state index >= 15 is 0 Å². The van der Waals surface area contributed by atoms with Gasteiger partial charge in [-0.1, -0.05) is 89.3 Å². The number of hydrogen-bond acceptors (Lipinski definition) is 9. The number of aliphatic hydroxyl groups is 1. The third kappa shape index (κ3) is 6.49. The first-order valence-electron chi connectivity index (χ1n) is 14.9. The Labute approximate surface area is 284 Å². The number of aromatic nitrogens is 2. The average Bonchev–Trinajstić information content (AvgIpc) is 3.78. The van der Waals surface area contributed by atoms with Gasteiger partial charge in [0.1, 0.15) is 30.0 Å². The lowest BCUT2D eigenvalue weighted by molar-refractivity contribution is -0.132. The minimum Gasteiger partial charge on any atom is -0.507 e. The molecule has 4 aromatic carbocycles. The number of ether oxygens (including phenoxy) is 2. The lowest BCUT2D eigenvalue weighted by atomic mass is 9.94. The first-order chi connectivity index (χ1) is 22.8. The summed E-state index contributed by atoms with van der Waals surface area (Å²) in [5, 5.41) is 21.3. The number of rotatable bonds is 9. The molecule has 5 aromatic rings. The van der Waals surface area contributed by atoms with Gasteiger partial charge in [0.25, 0.3) is 5.78 Å². The van der Waals surface area contributed by atoms with Crippen LogP contribution in [0.5, 0.6) is 11.5 Å². The summed E-state index contributed by atoms with van der Waals surface area (Å²) >= 11 is 8.70. The van der Waals surface area contributed by atoms with Crippen molar-refractivity contribution in [1.29, 1.82) is 0 Å². The van der Waals surface area contributed by atoms with E-state index in [0.717, 1.165) is 22.4 Å². The van der Waals surface area contributed by atoms with E-state index < -0.39 is 17.7 Å². The minimum atomic E-state index is -0.972. The van der Waals surface area contributed by atoms with Crippen LogP contribution in [0.15, 0.2) is 107 Å². The van der Waals surface area contributed by atoms with Gasteiger partial charge in [0, 0.05) is 22.8 Å². The van der Waals surface area contributed by atoms with Crippen LogP contribution in [0.1, 0.15) is 40.8 Å². The topological polar surface area (TPSA) is 102 Å². The Kier molecular flexibility index (Phi) is 8.72. The molecule has 0 radical (unpaired) electrons. The molecule has 0 aliphatic carbocycles. The quantitative estimate of drug-likeness (QED) is 0.0549. The highest BCUT2D eigenvalue weighted by Crippen LogP contribution is 2.45. The van der Waals surface area contributed by atoms with Crippen LogP contribution < -0.4 is 14.4 Å². The van der Waals surface area contributed by atoms with Crippen LogP contribution in [-0.2, 0) is 28.4 Å². The Hall–Kier alpha value is -4.64. The van der Waals surface area contributed by atoms with Crippen LogP contribution in [0.25, 0.3) is 5.76 Å². The van der Waals surface area contributed by atoms with Crippen molar-refractivity contribution in [3.05, 3.63) is 135 Å². The zero-order valence-corrected chi connectivity index (χ0v) is 27.5. The molecule has 47 heavy (non-hydrogen) atoms. The summed E-state index contributed by atoms with van der Waals surface area (Å²) in [6.45, 7) is 2.31. The van der Waals surface area contributed by atoms with Crippen LogP contribution in [0.4, 0.5) is 5.13 Å². The summed E-state index contributed by atoms with van der Waals surface area (Å²) in [4.78, 5) is 28.9. The molecule has 0 unspecified atom stereocenters. The summed E-state index contributed by atoms with van der Waals surface area (Å²) in [6.07, 6.45) is 0.687. The van der Waals surface area contributed by atoms with Gasteiger partial charge in [-0.3, -0.25) is 14.5 Å². The fourth-order valence-electron chi connectivity index (χ4n) is 5.67. The molecule has 236 valence electrons. The van der Waals surface area contributed by atoms with Crippen LogP contribution in [0.3, 0.4) is 0 Å². The molecule has 1 fully saturated rings. The van der Waals surface area contributed by atoms with Crippen LogP contribution >= 0.6 is 34.7 Å². The summed E-state index contributed by atoms with van der Waals surface area (Å²) in [7, 11) is 0. The molecule has 1 aromatic heterocycles. The molecular weight excluding hydrogens is 654 g/mol. The van der Waals surface area contributed by atoms with Gasteiger partial charge in [-0.2, -0.15) is 0 Å². The maximum absolute atomic E-state index is 13.8. The van der Waals surface area contributed by atoms with Gasteiger partial charge in [0.2, 0.25) is 5.13 Å². The fourth-order valence-corrected chi connectivity index (χ4v) is 7.62. The van der Waals surface area contributed by atoms with E-state index in [-0.39, 0.29) is 22.6 Å². The molecular formula is C36H28ClN3O5S2. The molecule has 3 heterocycles. The molecule has 2 aliphatic rings. The number of anilines is 1. The van der Waals surface area contributed by atoms with Crippen molar-refractivity contribution in [2.75, 3.05) is 4.90 Å². The highest BCUT2D eigenvalue weighted by molar-refractivity contribution is 8.00. The lowest BCUT2D eigenvalue weighted by Crippen LogP contribution is -2.29. The lowest BCUT2D eigenvalue weighted by Gasteiger charge is -2.23. The molecule has 2 aliphatic heterocycles.